The number of esters is 1. The van der Waals surface area contributed by atoms with Crippen LogP contribution in [0.4, 0.5) is 13.2 Å². The summed E-state index contributed by atoms with van der Waals surface area (Å²) in [5.41, 5.74) is 0.488. The highest BCUT2D eigenvalue weighted by atomic mass is 19.4. The highest BCUT2D eigenvalue weighted by Gasteiger charge is 2.15. The van der Waals surface area contributed by atoms with Gasteiger partial charge < -0.3 is 4.74 Å². The van der Waals surface area contributed by atoms with Crippen LogP contribution < -0.4 is 0 Å². The highest BCUT2D eigenvalue weighted by molar-refractivity contribution is 5.86. The minimum absolute atomic E-state index is 0.188. The van der Waals surface area contributed by atoms with Gasteiger partial charge in [0.25, 0.3) is 0 Å². The van der Waals surface area contributed by atoms with Crippen molar-refractivity contribution in [1.29, 1.82) is 0 Å². The van der Waals surface area contributed by atoms with Gasteiger partial charge in [0.2, 0.25) is 0 Å². The lowest BCUT2D eigenvalue weighted by Crippen LogP contribution is -2.05. The molecule has 0 spiro atoms. The number of carbonyl (C=O) groups is 1. The third-order valence-electron chi connectivity index (χ3n) is 3.08. The van der Waals surface area contributed by atoms with E-state index in [-0.39, 0.29) is 12.9 Å². The van der Waals surface area contributed by atoms with E-state index in [1.807, 2.05) is 0 Å². The molecule has 5 heteroatoms. The van der Waals surface area contributed by atoms with E-state index in [0.717, 1.165) is 6.42 Å². The molecule has 0 saturated heterocycles. The van der Waals surface area contributed by atoms with Gasteiger partial charge in [0, 0.05) is 12.5 Å². The van der Waals surface area contributed by atoms with Crippen molar-refractivity contribution in [2.45, 2.75) is 91.2 Å². The number of carbonyl (C=O) groups excluding carboxylic acids is 1. The van der Waals surface area contributed by atoms with Crippen molar-refractivity contribution >= 4 is 5.97 Å². The van der Waals surface area contributed by atoms with Crippen LogP contribution in [0.15, 0.2) is 12.2 Å². The van der Waals surface area contributed by atoms with Crippen LogP contribution in [0, 0.1) is 0 Å². The molecule has 0 aliphatic heterocycles. The summed E-state index contributed by atoms with van der Waals surface area (Å²) in [5.74, 6) is -0.258. The second kappa shape index (κ2) is 15.9. The number of hydrogen-bond acceptors (Lipinski definition) is 2. The van der Waals surface area contributed by atoms with Gasteiger partial charge in [-0.3, -0.25) is 0 Å². The fraction of sp³-hybridized carbons (Fsp3) is 0.833. The Kier molecular flexibility index (Phi) is 16.7. The van der Waals surface area contributed by atoms with Crippen molar-refractivity contribution in [1.82, 2.24) is 0 Å². The summed E-state index contributed by atoms with van der Waals surface area (Å²) in [6, 6.07) is 0. The first-order chi connectivity index (χ1) is 10.7. The summed E-state index contributed by atoms with van der Waals surface area (Å²) < 4.78 is 36.1. The van der Waals surface area contributed by atoms with E-state index in [1.165, 1.54) is 57.8 Å². The monoisotopic (exact) mass is 338 g/mol. The zero-order chi connectivity index (χ0) is 18.1. The number of ether oxygens (including phenoxy) is 1. The molecule has 138 valence electrons. The van der Waals surface area contributed by atoms with Crippen LogP contribution in [0.3, 0.4) is 0 Å². The second-order valence-corrected chi connectivity index (χ2v) is 5.88. The topological polar surface area (TPSA) is 26.3 Å². The predicted molar refractivity (Wildman–Crippen MR) is 89.3 cm³/mol. The highest BCUT2D eigenvalue weighted by Crippen LogP contribution is 2.11. The Morgan fingerprint density at radius 1 is 0.913 bits per heavy atom. The summed E-state index contributed by atoms with van der Waals surface area (Å²) in [6.07, 6.45) is 8.96. The normalized spacial score (nSPS) is 10.7. The van der Waals surface area contributed by atoms with E-state index in [2.05, 4.69) is 13.5 Å². The van der Waals surface area contributed by atoms with Crippen molar-refractivity contribution in [3.05, 3.63) is 12.2 Å². The molecule has 0 rings (SSSR count). The van der Waals surface area contributed by atoms with E-state index < -0.39 is 6.18 Å². The number of alkyl halides is 3. The minimum atomic E-state index is -4.00. The Morgan fingerprint density at radius 3 is 1.61 bits per heavy atom. The van der Waals surface area contributed by atoms with E-state index in [9.17, 15) is 18.0 Å². The van der Waals surface area contributed by atoms with Crippen LogP contribution in [0.25, 0.3) is 0 Å². The summed E-state index contributed by atoms with van der Waals surface area (Å²) in [4.78, 5) is 11.1. The molecular formula is C18H33F3O2. The summed E-state index contributed by atoms with van der Waals surface area (Å²) in [5, 5.41) is 0. The Hall–Kier alpha value is -1.00. The lowest BCUT2D eigenvalue weighted by Gasteiger charge is -2.04. The molecular weight excluding hydrogens is 305 g/mol. The standard InChI is InChI=1S/C16H30O2.C2H3F3/c1-4-5-6-7-8-9-10-11-12-13-14-18-16(17)15(2)3;1-2(3,4)5/h2,4-14H2,1,3H3;1H3. The smallest absolute Gasteiger partial charge is 0.386 e. The van der Waals surface area contributed by atoms with Gasteiger partial charge in [-0.15, -0.1) is 0 Å². The van der Waals surface area contributed by atoms with Crippen molar-refractivity contribution in [3.63, 3.8) is 0 Å². The van der Waals surface area contributed by atoms with Crippen LogP contribution in [-0.4, -0.2) is 18.8 Å². The first-order valence-electron chi connectivity index (χ1n) is 8.57. The van der Waals surface area contributed by atoms with Crippen LogP contribution >= 0.6 is 0 Å². The molecule has 0 aromatic rings. The maximum absolute atomic E-state index is 11.1. The fourth-order valence-corrected chi connectivity index (χ4v) is 1.88. The molecule has 0 aromatic carbocycles. The average Bonchev–Trinajstić information content (AvgIpc) is 2.42. The first kappa shape index (κ1) is 24.3. The maximum Gasteiger partial charge on any atom is 0.386 e. The van der Waals surface area contributed by atoms with E-state index in [1.54, 1.807) is 6.92 Å². The SMILES string of the molecule is C=C(C)C(=O)OCCCCCCCCCCCC.CC(F)(F)F. The molecule has 0 aliphatic rings. The Morgan fingerprint density at radius 2 is 1.26 bits per heavy atom. The third-order valence-corrected chi connectivity index (χ3v) is 3.08. The molecule has 0 amide bonds. The Bertz CT molecular complexity index is 293. The van der Waals surface area contributed by atoms with Gasteiger partial charge >= 0.3 is 12.1 Å². The largest absolute Gasteiger partial charge is 0.462 e. The van der Waals surface area contributed by atoms with Crippen LogP contribution in [0.5, 0.6) is 0 Å². The molecule has 23 heavy (non-hydrogen) atoms. The number of hydrogen-bond donors (Lipinski definition) is 0. The van der Waals surface area contributed by atoms with Crippen LogP contribution in [0.1, 0.15) is 85.0 Å². The lowest BCUT2D eigenvalue weighted by molar-refractivity contribution is -0.139. The Labute approximate surface area is 139 Å². The molecule has 0 atom stereocenters. The van der Waals surface area contributed by atoms with Crippen molar-refractivity contribution in [2.24, 2.45) is 0 Å². The Balaban J connectivity index is 0. The molecule has 0 aliphatic carbocycles. The molecule has 0 aromatic heterocycles. The third kappa shape index (κ3) is 29.6. The van der Waals surface area contributed by atoms with Gasteiger partial charge in [-0.2, -0.15) is 13.2 Å². The molecule has 2 nitrogen and oxygen atoms in total. The molecule has 0 bridgehead atoms. The minimum Gasteiger partial charge on any atom is -0.462 e. The zero-order valence-corrected chi connectivity index (χ0v) is 14.9. The summed E-state index contributed by atoms with van der Waals surface area (Å²) in [7, 11) is 0. The number of rotatable bonds is 12. The molecule has 0 fully saturated rings. The first-order valence-corrected chi connectivity index (χ1v) is 8.57. The van der Waals surface area contributed by atoms with Gasteiger partial charge in [-0.1, -0.05) is 71.3 Å². The molecule has 0 saturated carbocycles. The van der Waals surface area contributed by atoms with E-state index >= 15 is 0 Å². The van der Waals surface area contributed by atoms with Crippen molar-refractivity contribution < 1.29 is 22.7 Å². The van der Waals surface area contributed by atoms with Gasteiger partial charge in [0.15, 0.2) is 0 Å². The molecule has 0 unspecified atom stereocenters. The van der Waals surface area contributed by atoms with Gasteiger partial charge in [-0.25, -0.2) is 4.79 Å². The fourth-order valence-electron chi connectivity index (χ4n) is 1.88. The van der Waals surface area contributed by atoms with E-state index in [0.29, 0.717) is 12.2 Å². The summed E-state index contributed by atoms with van der Waals surface area (Å²) >= 11 is 0. The quantitative estimate of drug-likeness (QED) is 0.228. The zero-order valence-electron chi connectivity index (χ0n) is 14.9. The predicted octanol–water partition coefficient (Wildman–Crippen LogP) is 6.60. The van der Waals surface area contributed by atoms with Crippen LogP contribution in [-0.2, 0) is 9.53 Å². The molecule has 0 heterocycles. The number of halogens is 3. The maximum atomic E-state index is 11.1. The van der Waals surface area contributed by atoms with Gasteiger partial charge in [0.1, 0.15) is 0 Å². The van der Waals surface area contributed by atoms with Crippen LogP contribution in [0.2, 0.25) is 0 Å². The summed E-state index contributed by atoms with van der Waals surface area (Å²) in [6.45, 7) is 8.21. The lowest BCUT2D eigenvalue weighted by atomic mass is 10.1. The van der Waals surface area contributed by atoms with E-state index in [4.69, 9.17) is 4.74 Å². The second-order valence-electron chi connectivity index (χ2n) is 5.88. The average molecular weight is 338 g/mol. The van der Waals surface area contributed by atoms with Crippen molar-refractivity contribution in [2.75, 3.05) is 6.61 Å². The number of unbranched alkanes of at least 4 members (excludes halogenated alkanes) is 9. The van der Waals surface area contributed by atoms with Gasteiger partial charge in [-0.05, 0) is 13.3 Å². The van der Waals surface area contributed by atoms with Gasteiger partial charge in [0.05, 0.1) is 6.61 Å². The molecule has 0 radical (unpaired) electrons. The van der Waals surface area contributed by atoms with Crippen molar-refractivity contribution in [3.8, 4) is 0 Å². The molecule has 0 N–H and O–H groups in total.